The van der Waals surface area contributed by atoms with Crippen molar-refractivity contribution >= 4 is 17.3 Å². The molecule has 150 valence electrons. The summed E-state index contributed by atoms with van der Waals surface area (Å²) in [5.41, 5.74) is -0.337. The zero-order valence-electron chi connectivity index (χ0n) is 14.6. The van der Waals surface area contributed by atoms with Gasteiger partial charge in [-0.2, -0.15) is 0 Å². The average Bonchev–Trinajstić information content (AvgIpc) is 3.08. The number of aliphatic hydroxyl groups is 2. The van der Waals surface area contributed by atoms with Gasteiger partial charge < -0.3 is 20.3 Å². The molecule has 1 heterocycles. The molecule has 0 aliphatic carbocycles. The zero-order valence-corrected chi connectivity index (χ0v) is 14.6. The van der Waals surface area contributed by atoms with Gasteiger partial charge in [0.2, 0.25) is 5.91 Å². The van der Waals surface area contributed by atoms with Crippen molar-refractivity contribution in [1.82, 2.24) is 15.1 Å². The number of nitro benzene ring substituents is 1. The highest BCUT2D eigenvalue weighted by molar-refractivity contribution is 5.76. The first kappa shape index (κ1) is 20.7. The topological polar surface area (TPSA) is 183 Å². The second-order valence-electron chi connectivity index (χ2n) is 5.63. The van der Waals surface area contributed by atoms with E-state index in [-0.39, 0.29) is 17.1 Å². The Morgan fingerprint density at radius 3 is 2.39 bits per heavy atom. The molecule has 13 nitrogen and oxygen atoms in total. The van der Waals surface area contributed by atoms with Crippen LogP contribution in [0.3, 0.4) is 0 Å². The summed E-state index contributed by atoms with van der Waals surface area (Å²) in [4.78, 5) is 32.4. The predicted octanol–water partition coefficient (Wildman–Crippen LogP) is -0.0812. The minimum absolute atomic E-state index is 0.172. The third-order valence-corrected chi connectivity index (χ3v) is 3.77. The first-order chi connectivity index (χ1) is 13.3. The fourth-order valence-electron chi connectivity index (χ4n) is 2.39. The number of amides is 1. The maximum Gasteiger partial charge on any atom is 0.350 e. The fourth-order valence-corrected chi connectivity index (χ4v) is 2.39. The summed E-state index contributed by atoms with van der Waals surface area (Å²) < 4.78 is 5.75. The summed E-state index contributed by atoms with van der Waals surface area (Å²) in [5.74, 6) is -0.942. The summed E-state index contributed by atoms with van der Waals surface area (Å²) >= 11 is 0. The lowest BCUT2D eigenvalue weighted by molar-refractivity contribution is -0.385. The number of aromatic nitrogens is 2. The number of carbonyl (C=O) groups is 1. The van der Waals surface area contributed by atoms with E-state index in [1.54, 1.807) is 0 Å². The molecule has 28 heavy (non-hydrogen) atoms. The molecule has 2 rings (SSSR count). The molecule has 0 saturated carbocycles. The van der Waals surface area contributed by atoms with Gasteiger partial charge in [-0.3, -0.25) is 29.7 Å². The first-order valence-electron chi connectivity index (χ1n) is 7.85. The van der Waals surface area contributed by atoms with Gasteiger partial charge in [0.05, 0.1) is 29.6 Å². The number of carbonyl (C=O) groups excluding carboxylic acids is 1. The lowest BCUT2D eigenvalue weighted by Crippen LogP contribution is -2.43. The summed E-state index contributed by atoms with van der Waals surface area (Å²) in [5, 5.41) is 47.5. The molecule has 1 aromatic carbocycles. The summed E-state index contributed by atoms with van der Waals surface area (Å²) in [6, 6.07) is 3.87. The third-order valence-electron chi connectivity index (χ3n) is 3.77. The molecule has 3 N–H and O–H groups in total. The number of nitrogens with zero attached hydrogens (tertiary/aromatic N) is 4. The van der Waals surface area contributed by atoms with Crippen molar-refractivity contribution in [3.8, 4) is 5.88 Å². The number of benzene rings is 1. The van der Waals surface area contributed by atoms with Gasteiger partial charge in [-0.25, -0.2) is 0 Å². The van der Waals surface area contributed by atoms with E-state index in [0.29, 0.717) is 0 Å². The molecular weight excluding hydrogens is 378 g/mol. The van der Waals surface area contributed by atoms with Crippen molar-refractivity contribution in [3.05, 3.63) is 56.3 Å². The largest absolute Gasteiger partial charge is 0.475 e. The van der Waals surface area contributed by atoms with Gasteiger partial charge in [0.25, 0.3) is 5.69 Å². The highest BCUT2D eigenvalue weighted by Gasteiger charge is 2.25. The van der Waals surface area contributed by atoms with Crippen molar-refractivity contribution in [2.24, 2.45) is 0 Å². The van der Waals surface area contributed by atoms with E-state index in [1.165, 1.54) is 31.4 Å². The Hall–Kier alpha value is -3.58. The number of nitro groups is 2. The number of methoxy groups -OCH3 is 1. The van der Waals surface area contributed by atoms with Crippen molar-refractivity contribution < 1.29 is 29.6 Å². The highest BCUT2D eigenvalue weighted by atomic mass is 16.6. The molecule has 0 radical (unpaired) electrons. The van der Waals surface area contributed by atoms with Crippen LogP contribution in [0.5, 0.6) is 5.88 Å². The molecule has 0 bridgehead atoms. The van der Waals surface area contributed by atoms with E-state index in [2.05, 4.69) is 10.4 Å². The number of hydrogen-bond acceptors (Lipinski definition) is 9. The Kier molecular flexibility index (Phi) is 6.57. The standard InChI is InChI=1S/C15H17N5O8/c1-28-15-12(20(26)27)6-18(17-15)7-13(22)16-11(8-21)14(23)9-2-4-10(5-3-9)19(24)25/h2-6,11,14,21,23H,7-8H2,1H3,(H,16,22). The monoisotopic (exact) mass is 395 g/mol. The fraction of sp³-hybridized carbons (Fsp3) is 0.333. The van der Waals surface area contributed by atoms with Crippen molar-refractivity contribution in [2.75, 3.05) is 13.7 Å². The van der Waals surface area contributed by atoms with Crippen LogP contribution in [0.15, 0.2) is 30.5 Å². The normalized spacial score (nSPS) is 12.8. The van der Waals surface area contributed by atoms with Gasteiger partial charge in [-0.05, 0) is 17.7 Å². The molecule has 0 saturated heterocycles. The lowest BCUT2D eigenvalue weighted by Gasteiger charge is -2.22. The quantitative estimate of drug-likeness (QED) is 0.386. The van der Waals surface area contributed by atoms with Crippen LogP contribution in [-0.4, -0.2) is 55.5 Å². The van der Waals surface area contributed by atoms with E-state index in [1.807, 2.05) is 0 Å². The Bertz CT molecular complexity index is 866. The first-order valence-corrected chi connectivity index (χ1v) is 7.85. The summed E-state index contributed by atoms with van der Waals surface area (Å²) in [6.07, 6.45) is -0.324. The summed E-state index contributed by atoms with van der Waals surface area (Å²) in [7, 11) is 1.20. The van der Waals surface area contributed by atoms with Crippen molar-refractivity contribution in [3.63, 3.8) is 0 Å². The molecular formula is C15H17N5O8. The highest BCUT2D eigenvalue weighted by Crippen LogP contribution is 2.24. The SMILES string of the molecule is COc1nn(CC(=O)NC(CO)C(O)c2ccc([N+](=O)[O-])cc2)cc1[N+](=O)[O-]. The van der Waals surface area contributed by atoms with Crippen LogP contribution < -0.4 is 10.1 Å². The van der Waals surface area contributed by atoms with Crippen molar-refractivity contribution in [1.29, 1.82) is 0 Å². The molecule has 0 spiro atoms. The molecule has 1 aromatic heterocycles. The molecule has 2 atom stereocenters. The van der Waals surface area contributed by atoms with E-state index in [9.17, 15) is 35.2 Å². The maximum atomic E-state index is 12.1. The number of ether oxygens (including phenoxy) is 1. The maximum absolute atomic E-state index is 12.1. The van der Waals surface area contributed by atoms with Crippen LogP contribution >= 0.6 is 0 Å². The van der Waals surface area contributed by atoms with Gasteiger partial charge >= 0.3 is 11.6 Å². The van der Waals surface area contributed by atoms with Gasteiger partial charge in [0.15, 0.2) is 0 Å². The van der Waals surface area contributed by atoms with Gasteiger partial charge in [-0.15, -0.1) is 5.10 Å². The Morgan fingerprint density at radius 1 is 1.29 bits per heavy atom. The summed E-state index contributed by atoms with van der Waals surface area (Å²) in [6.45, 7) is -1.04. The number of non-ortho nitro benzene ring substituents is 1. The predicted molar refractivity (Wildman–Crippen MR) is 92.5 cm³/mol. The number of nitrogens with one attached hydrogen (secondary N) is 1. The molecule has 0 fully saturated rings. The molecule has 13 heteroatoms. The Balaban J connectivity index is 2.06. The minimum Gasteiger partial charge on any atom is -0.475 e. The van der Waals surface area contributed by atoms with Crippen LogP contribution in [-0.2, 0) is 11.3 Å². The number of rotatable bonds is 9. The van der Waals surface area contributed by atoms with Crippen LogP contribution in [0.2, 0.25) is 0 Å². The van der Waals surface area contributed by atoms with Gasteiger partial charge in [-0.1, -0.05) is 0 Å². The number of hydrogen-bond donors (Lipinski definition) is 3. The lowest BCUT2D eigenvalue weighted by atomic mass is 10.0. The van der Waals surface area contributed by atoms with Crippen LogP contribution in [0.1, 0.15) is 11.7 Å². The van der Waals surface area contributed by atoms with Crippen LogP contribution in [0.4, 0.5) is 11.4 Å². The second kappa shape index (κ2) is 8.88. The van der Waals surface area contributed by atoms with Gasteiger partial charge in [0, 0.05) is 12.1 Å². The van der Waals surface area contributed by atoms with Gasteiger partial charge in [0.1, 0.15) is 18.8 Å². The van der Waals surface area contributed by atoms with Crippen LogP contribution in [0, 0.1) is 20.2 Å². The smallest absolute Gasteiger partial charge is 0.350 e. The molecule has 0 aliphatic heterocycles. The second-order valence-corrected chi connectivity index (χ2v) is 5.63. The molecule has 0 aliphatic rings. The van der Waals surface area contributed by atoms with Crippen molar-refractivity contribution in [2.45, 2.75) is 18.7 Å². The minimum atomic E-state index is -1.34. The average molecular weight is 395 g/mol. The molecule has 2 unspecified atom stereocenters. The molecule has 2 aromatic rings. The Morgan fingerprint density at radius 2 is 1.93 bits per heavy atom. The third kappa shape index (κ3) is 4.77. The molecule has 1 amide bonds. The van der Waals surface area contributed by atoms with Crippen LogP contribution in [0.25, 0.3) is 0 Å². The zero-order chi connectivity index (χ0) is 20.8. The Labute approximate surface area is 157 Å². The van der Waals surface area contributed by atoms with E-state index in [4.69, 9.17) is 4.74 Å². The van der Waals surface area contributed by atoms with E-state index >= 15 is 0 Å². The number of aliphatic hydroxyl groups excluding tert-OH is 2. The van der Waals surface area contributed by atoms with E-state index in [0.717, 1.165) is 10.9 Å². The van der Waals surface area contributed by atoms with E-state index < -0.39 is 46.7 Å².